The van der Waals surface area contributed by atoms with Gasteiger partial charge in [-0.2, -0.15) is 4.99 Å². The van der Waals surface area contributed by atoms with Crippen LogP contribution in [-0.2, 0) is 26.5 Å². The largest absolute Gasteiger partial charge is 0.448 e. The average molecular weight is 402 g/mol. The van der Waals surface area contributed by atoms with Crippen molar-refractivity contribution in [3.63, 3.8) is 0 Å². The van der Waals surface area contributed by atoms with Crippen LogP contribution in [-0.4, -0.2) is 41.4 Å². The van der Waals surface area contributed by atoms with Crippen molar-refractivity contribution in [2.75, 3.05) is 13.1 Å². The monoisotopic (exact) mass is 402 g/mol. The predicted octanol–water partition coefficient (Wildman–Crippen LogP) is 3.61. The number of rotatable bonds is 0. The Morgan fingerprint density at radius 3 is 2.41 bits per heavy atom. The molecule has 6 rings (SSSR count). The van der Waals surface area contributed by atoms with E-state index >= 15 is 0 Å². The molecule has 0 bridgehead atoms. The highest BCUT2D eigenvalue weighted by Gasteiger charge is 2.62. The molecule has 0 radical (unpaired) electrons. The van der Waals surface area contributed by atoms with Gasteiger partial charge in [-0.1, -0.05) is 24.3 Å². The van der Waals surface area contributed by atoms with Crippen molar-refractivity contribution in [2.45, 2.75) is 62.3 Å². The number of hydrogen-bond donors (Lipinski definition) is 0. The van der Waals surface area contributed by atoms with Crippen molar-refractivity contribution >= 4 is 11.9 Å². The first kappa shape index (κ1) is 17.8. The summed E-state index contributed by atoms with van der Waals surface area (Å²) in [5, 5.41) is 0. The predicted molar refractivity (Wildman–Crippen MR) is 100 cm³/mol. The maximum absolute atomic E-state index is 13.7. The Labute approximate surface area is 168 Å². The van der Waals surface area contributed by atoms with Crippen LogP contribution in [0, 0.1) is 11.8 Å². The summed E-state index contributed by atoms with van der Waals surface area (Å²) in [5.74, 6) is -3.16. The lowest BCUT2D eigenvalue weighted by Gasteiger charge is -2.39. The normalized spacial score (nSPS) is 36.4. The molecule has 5 nitrogen and oxygen atoms in total. The Balaban J connectivity index is 1.15. The van der Waals surface area contributed by atoms with Crippen molar-refractivity contribution in [3.05, 3.63) is 35.4 Å². The van der Waals surface area contributed by atoms with Gasteiger partial charge in [-0.05, 0) is 48.6 Å². The Bertz CT molecular complexity index is 891. The first-order valence-electron chi connectivity index (χ1n) is 10.6. The number of aliphatic imine (C=N–C) groups is 1. The lowest BCUT2D eigenvalue weighted by molar-refractivity contribution is -0.132. The van der Waals surface area contributed by atoms with Gasteiger partial charge in [0.1, 0.15) is 0 Å². The summed E-state index contributed by atoms with van der Waals surface area (Å²) in [6, 6.07) is 8.73. The summed E-state index contributed by atoms with van der Waals surface area (Å²) >= 11 is 0. The maximum Gasteiger partial charge on any atom is 0.296 e. The summed E-state index contributed by atoms with van der Waals surface area (Å²) in [7, 11) is 0. The van der Waals surface area contributed by atoms with Crippen molar-refractivity contribution in [1.82, 2.24) is 4.90 Å². The van der Waals surface area contributed by atoms with E-state index in [9.17, 15) is 13.6 Å². The van der Waals surface area contributed by atoms with Crippen LogP contribution in [0.3, 0.4) is 0 Å². The molecule has 1 unspecified atom stereocenters. The number of benzene rings is 1. The van der Waals surface area contributed by atoms with E-state index in [0.29, 0.717) is 38.6 Å². The second-order valence-corrected chi connectivity index (χ2v) is 9.42. The number of alkyl halides is 2. The highest BCUT2D eigenvalue weighted by Crippen LogP contribution is 2.56. The minimum Gasteiger partial charge on any atom is -0.448 e. The van der Waals surface area contributed by atoms with Crippen LogP contribution in [0.4, 0.5) is 8.78 Å². The lowest BCUT2D eigenvalue weighted by atomic mass is 9.84. The molecule has 29 heavy (non-hydrogen) atoms. The Kier molecular flexibility index (Phi) is 3.55. The fourth-order valence-corrected chi connectivity index (χ4v) is 6.27. The number of amidine groups is 1. The number of amides is 1. The van der Waals surface area contributed by atoms with Gasteiger partial charge >= 0.3 is 0 Å². The second-order valence-electron chi connectivity index (χ2n) is 9.42. The average Bonchev–Trinajstić information content (AvgIpc) is 3.38. The molecule has 1 saturated heterocycles. The van der Waals surface area contributed by atoms with Gasteiger partial charge in [-0.25, -0.2) is 8.78 Å². The molecule has 7 heteroatoms. The van der Waals surface area contributed by atoms with E-state index < -0.39 is 11.5 Å². The first-order chi connectivity index (χ1) is 13.9. The van der Waals surface area contributed by atoms with Crippen LogP contribution in [0.5, 0.6) is 0 Å². The Morgan fingerprint density at radius 2 is 1.69 bits per heavy atom. The van der Waals surface area contributed by atoms with Gasteiger partial charge < -0.3 is 14.4 Å². The zero-order valence-electron chi connectivity index (χ0n) is 16.2. The van der Waals surface area contributed by atoms with Crippen molar-refractivity contribution < 1.29 is 23.0 Å². The van der Waals surface area contributed by atoms with Crippen molar-refractivity contribution in [3.8, 4) is 0 Å². The smallest absolute Gasteiger partial charge is 0.296 e. The van der Waals surface area contributed by atoms with Crippen molar-refractivity contribution in [2.24, 2.45) is 16.8 Å². The molecular formula is C22H24F2N2O3. The molecule has 1 aromatic rings. The van der Waals surface area contributed by atoms with E-state index in [1.807, 2.05) is 11.0 Å². The highest BCUT2D eigenvalue weighted by atomic mass is 19.3. The number of carbonyl (C=O) groups is 1. The molecular weight excluding hydrogens is 378 g/mol. The summed E-state index contributed by atoms with van der Waals surface area (Å²) in [4.78, 5) is 18.9. The molecule has 1 amide bonds. The lowest BCUT2D eigenvalue weighted by Crippen LogP contribution is -2.46. The molecule has 3 fully saturated rings. The van der Waals surface area contributed by atoms with Gasteiger partial charge in [0.15, 0.2) is 5.60 Å². The third-order valence-corrected chi connectivity index (χ3v) is 7.70. The number of carbonyl (C=O) groups excluding carboxylic acids is 1. The van der Waals surface area contributed by atoms with Crippen LogP contribution in [0.15, 0.2) is 29.3 Å². The van der Waals surface area contributed by atoms with Gasteiger partial charge in [0.05, 0.1) is 12.2 Å². The van der Waals surface area contributed by atoms with Gasteiger partial charge in [0.2, 0.25) is 5.92 Å². The summed E-state index contributed by atoms with van der Waals surface area (Å²) in [5.41, 5.74) is 1.25. The SMILES string of the molecule is O=C1N=C(N2CCC3(CC2)OCc2ccccc23)OC12C[C@H]1CC(F)(F)C[C@H]1C2. The number of nitrogens with zero attached hydrogens (tertiary/aromatic N) is 2. The Hall–Kier alpha value is -2.02. The molecule has 1 aromatic carbocycles. The zero-order chi connectivity index (χ0) is 19.9. The molecule has 2 saturated carbocycles. The fourth-order valence-electron chi connectivity index (χ4n) is 6.27. The minimum absolute atomic E-state index is 0.131. The third-order valence-electron chi connectivity index (χ3n) is 7.70. The number of ether oxygens (including phenoxy) is 2. The van der Waals surface area contributed by atoms with E-state index in [1.54, 1.807) is 0 Å². The third kappa shape index (κ3) is 2.59. The van der Waals surface area contributed by atoms with Gasteiger partial charge in [0.25, 0.3) is 11.9 Å². The quantitative estimate of drug-likeness (QED) is 0.665. The van der Waals surface area contributed by atoms with E-state index in [-0.39, 0.29) is 36.2 Å². The van der Waals surface area contributed by atoms with Crippen LogP contribution >= 0.6 is 0 Å². The summed E-state index contributed by atoms with van der Waals surface area (Å²) < 4.78 is 39.7. The van der Waals surface area contributed by atoms with Crippen LogP contribution in [0.25, 0.3) is 0 Å². The number of hydrogen-bond acceptors (Lipinski definition) is 4. The molecule has 154 valence electrons. The second kappa shape index (κ2) is 5.78. The van der Waals surface area contributed by atoms with Crippen molar-refractivity contribution in [1.29, 1.82) is 0 Å². The van der Waals surface area contributed by atoms with Crippen LogP contribution in [0.1, 0.15) is 49.7 Å². The summed E-state index contributed by atoms with van der Waals surface area (Å²) in [6.07, 6.45) is 2.10. The van der Waals surface area contributed by atoms with E-state index in [4.69, 9.17) is 9.47 Å². The standard InChI is InChI=1S/C22H24F2N2O3/c23-22(24)11-15-9-21(10-16(15)12-22)18(27)25-19(29-21)26-7-5-20(6-8-26)17-4-2-1-3-14(17)13-28-20/h1-4,15-16H,5-13H2/t15-,16+,21?. The molecule has 5 aliphatic rings. The van der Waals surface area contributed by atoms with E-state index in [2.05, 4.69) is 23.2 Å². The zero-order valence-corrected chi connectivity index (χ0v) is 16.2. The molecule has 3 heterocycles. The molecule has 2 aliphatic carbocycles. The van der Waals surface area contributed by atoms with E-state index in [0.717, 1.165) is 12.8 Å². The van der Waals surface area contributed by atoms with Gasteiger partial charge in [-0.15, -0.1) is 0 Å². The van der Waals surface area contributed by atoms with Crippen LogP contribution in [0.2, 0.25) is 0 Å². The molecule has 3 atom stereocenters. The number of piperidine rings is 1. The highest BCUT2D eigenvalue weighted by molar-refractivity contribution is 6.01. The molecule has 3 aliphatic heterocycles. The van der Waals surface area contributed by atoms with Crippen LogP contribution < -0.4 is 0 Å². The van der Waals surface area contributed by atoms with Gasteiger partial charge in [0, 0.05) is 25.9 Å². The topological polar surface area (TPSA) is 51.1 Å². The molecule has 0 N–H and O–H groups in total. The number of fused-ring (bicyclic) bond motifs is 3. The molecule has 2 spiro atoms. The Morgan fingerprint density at radius 1 is 1.00 bits per heavy atom. The number of likely N-dealkylation sites (tertiary alicyclic amines) is 1. The number of halogens is 2. The first-order valence-corrected chi connectivity index (χ1v) is 10.6. The maximum atomic E-state index is 13.7. The fraction of sp³-hybridized carbons (Fsp3) is 0.636. The molecule has 0 aromatic heterocycles. The van der Waals surface area contributed by atoms with E-state index in [1.165, 1.54) is 11.1 Å². The minimum atomic E-state index is -2.60. The van der Waals surface area contributed by atoms with Gasteiger partial charge in [-0.3, -0.25) is 4.79 Å². The summed E-state index contributed by atoms with van der Waals surface area (Å²) in [6.45, 7) is 2.03.